The largest absolute Gasteiger partial charge is 0.478 e. The predicted molar refractivity (Wildman–Crippen MR) is 63.1 cm³/mol. The summed E-state index contributed by atoms with van der Waals surface area (Å²) < 4.78 is 5.80. The van der Waals surface area contributed by atoms with Crippen LogP contribution in [0.4, 0.5) is 0 Å². The quantitative estimate of drug-likeness (QED) is 0.649. The van der Waals surface area contributed by atoms with E-state index >= 15 is 0 Å². The number of aliphatic imine (C=N–C) groups is 1. The molecule has 2 rings (SSSR count). The van der Waals surface area contributed by atoms with E-state index in [4.69, 9.17) is 9.73 Å². The summed E-state index contributed by atoms with van der Waals surface area (Å²) in [7, 11) is 0. The first-order chi connectivity index (χ1) is 6.98. The van der Waals surface area contributed by atoms with Crippen molar-refractivity contribution in [2.75, 3.05) is 6.61 Å². The molecule has 0 aromatic rings. The Morgan fingerprint density at radius 3 is 2.47 bits per heavy atom. The highest BCUT2D eigenvalue weighted by Crippen LogP contribution is 2.36. The molecule has 0 amide bonds. The Morgan fingerprint density at radius 2 is 2.00 bits per heavy atom. The lowest BCUT2D eigenvalue weighted by Crippen LogP contribution is -2.25. The zero-order valence-electron chi connectivity index (χ0n) is 10.4. The molecule has 0 aromatic heterocycles. The van der Waals surface area contributed by atoms with E-state index in [9.17, 15) is 0 Å². The van der Waals surface area contributed by atoms with E-state index in [1.54, 1.807) is 0 Å². The summed E-state index contributed by atoms with van der Waals surface area (Å²) in [5.74, 6) is 2.43. The second-order valence-electron chi connectivity index (χ2n) is 6.17. The van der Waals surface area contributed by atoms with Gasteiger partial charge in [0.1, 0.15) is 6.61 Å². The van der Waals surface area contributed by atoms with Crippen molar-refractivity contribution in [1.82, 2.24) is 0 Å². The standard InChI is InChI=1S/C13H23NO/c1-9-6-5-7-10(9)12-14-11(8-15-12)13(2,3)4/h9-11H,5-8H2,1-4H3/t9?,10?,11-/m1/s1. The normalized spacial score (nSPS) is 36.5. The summed E-state index contributed by atoms with van der Waals surface area (Å²) >= 11 is 0. The zero-order chi connectivity index (χ0) is 11.1. The highest BCUT2D eigenvalue weighted by molar-refractivity contribution is 5.80. The summed E-state index contributed by atoms with van der Waals surface area (Å²) in [4.78, 5) is 4.79. The molecule has 3 atom stereocenters. The van der Waals surface area contributed by atoms with Gasteiger partial charge in [-0.25, -0.2) is 4.99 Å². The zero-order valence-corrected chi connectivity index (χ0v) is 10.4. The lowest BCUT2D eigenvalue weighted by molar-refractivity contribution is 0.226. The van der Waals surface area contributed by atoms with Crippen LogP contribution in [0.15, 0.2) is 4.99 Å². The molecule has 0 spiro atoms. The van der Waals surface area contributed by atoms with Gasteiger partial charge in [-0.1, -0.05) is 34.1 Å². The Morgan fingerprint density at radius 1 is 1.27 bits per heavy atom. The summed E-state index contributed by atoms with van der Waals surface area (Å²) in [5.41, 5.74) is 0.240. The smallest absolute Gasteiger partial charge is 0.187 e. The Kier molecular flexibility index (Phi) is 2.78. The van der Waals surface area contributed by atoms with Crippen LogP contribution < -0.4 is 0 Å². The number of ether oxygens (including phenoxy) is 1. The molecule has 0 radical (unpaired) electrons. The lowest BCUT2D eigenvalue weighted by atomic mass is 9.88. The second-order valence-corrected chi connectivity index (χ2v) is 6.17. The van der Waals surface area contributed by atoms with E-state index in [0.717, 1.165) is 18.4 Å². The van der Waals surface area contributed by atoms with Gasteiger partial charge in [-0.3, -0.25) is 0 Å². The van der Waals surface area contributed by atoms with Gasteiger partial charge >= 0.3 is 0 Å². The maximum atomic E-state index is 5.80. The van der Waals surface area contributed by atoms with Gasteiger partial charge in [-0.15, -0.1) is 0 Å². The molecule has 0 aromatic carbocycles. The Bertz CT molecular complexity index is 264. The average molecular weight is 209 g/mol. The molecule has 0 N–H and O–H groups in total. The highest BCUT2D eigenvalue weighted by atomic mass is 16.5. The summed E-state index contributed by atoms with van der Waals surface area (Å²) in [6, 6.07) is 0.361. The minimum Gasteiger partial charge on any atom is -0.478 e. The van der Waals surface area contributed by atoms with Crippen molar-refractivity contribution in [3.8, 4) is 0 Å². The molecule has 2 nitrogen and oxygen atoms in total. The predicted octanol–water partition coefficient (Wildman–Crippen LogP) is 3.27. The third kappa shape index (κ3) is 2.19. The molecular weight excluding hydrogens is 186 g/mol. The second kappa shape index (κ2) is 3.80. The molecule has 0 bridgehead atoms. The SMILES string of the molecule is CC1CCCC1C1=N[C@@H](C(C)(C)C)CO1. The van der Waals surface area contributed by atoms with Crippen molar-refractivity contribution < 1.29 is 4.74 Å². The van der Waals surface area contributed by atoms with Crippen LogP contribution in [0.5, 0.6) is 0 Å². The minimum absolute atomic E-state index is 0.240. The molecule has 1 aliphatic carbocycles. The van der Waals surface area contributed by atoms with Gasteiger partial charge in [-0.05, 0) is 24.2 Å². The molecule has 15 heavy (non-hydrogen) atoms. The fourth-order valence-electron chi connectivity index (χ4n) is 2.55. The summed E-state index contributed by atoms with van der Waals surface area (Å²) in [6.07, 6.45) is 3.96. The third-order valence-corrected chi connectivity index (χ3v) is 3.85. The Hall–Kier alpha value is -0.530. The van der Waals surface area contributed by atoms with E-state index in [2.05, 4.69) is 27.7 Å². The molecule has 2 unspecified atom stereocenters. The van der Waals surface area contributed by atoms with Crippen LogP contribution in [0.3, 0.4) is 0 Å². The van der Waals surface area contributed by atoms with Crippen LogP contribution in [-0.2, 0) is 4.74 Å². The van der Waals surface area contributed by atoms with Gasteiger partial charge in [-0.2, -0.15) is 0 Å². The topological polar surface area (TPSA) is 21.6 Å². The summed E-state index contributed by atoms with van der Waals surface area (Å²) in [5, 5.41) is 0. The van der Waals surface area contributed by atoms with Crippen molar-refractivity contribution in [1.29, 1.82) is 0 Å². The number of hydrogen-bond donors (Lipinski definition) is 0. The highest BCUT2D eigenvalue weighted by Gasteiger charge is 2.36. The molecule has 1 saturated carbocycles. The Balaban J connectivity index is 2.06. The molecule has 1 fully saturated rings. The van der Waals surface area contributed by atoms with Gasteiger partial charge < -0.3 is 4.74 Å². The van der Waals surface area contributed by atoms with Crippen LogP contribution in [0.1, 0.15) is 47.0 Å². The molecule has 2 heteroatoms. The molecule has 0 saturated heterocycles. The van der Waals surface area contributed by atoms with E-state index in [1.807, 2.05) is 0 Å². The van der Waals surface area contributed by atoms with Crippen LogP contribution in [-0.4, -0.2) is 18.5 Å². The van der Waals surface area contributed by atoms with E-state index in [0.29, 0.717) is 12.0 Å². The monoisotopic (exact) mass is 209 g/mol. The van der Waals surface area contributed by atoms with E-state index in [1.165, 1.54) is 19.3 Å². The number of hydrogen-bond acceptors (Lipinski definition) is 2. The molecule has 1 heterocycles. The van der Waals surface area contributed by atoms with Crippen molar-refractivity contribution in [3.63, 3.8) is 0 Å². The van der Waals surface area contributed by atoms with Gasteiger partial charge in [0, 0.05) is 5.92 Å². The van der Waals surface area contributed by atoms with E-state index in [-0.39, 0.29) is 5.41 Å². The van der Waals surface area contributed by atoms with E-state index < -0.39 is 0 Å². The molecule has 1 aliphatic heterocycles. The van der Waals surface area contributed by atoms with Crippen molar-refractivity contribution in [3.05, 3.63) is 0 Å². The number of nitrogens with zero attached hydrogens (tertiary/aromatic N) is 1. The molecular formula is C13H23NO. The van der Waals surface area contributed by atoms with Gasteiger partial charge in [0.05, 0.1) is 6.04 Å². The average Bonchev–Trinajstić information content (AvgIpc) is 2.69. The van der Waals surface area contributed by atoms with Crippen molar-refractivity contribution in [2.45, 2.75) is 53.0 Å². The Labute approximate surface area is 93.1 Å². The van der Waals surface area contributed by atoms with Crippen LogP contribution >= 0.6 is 0 Å². The maximum absolute atomic E-state index is 5.80. The fourth-order valence-corrected chi connectivity index (χ4v) is 2.55. The first kappa shape index (κ1) is 11.0. The van der Waals surface area contributed by atoms with Crippen molar-refractivity contribution >= 4 is 5.90 Å². The van der Waals surface area contributed by atoms with Crippen LogP contribution in [0.25, 0.3) is 0 Å². The molecule has 2 aliphatic rings. The summed E-state index contributed by atoms with van der Waals surface area (Å²) in [6.45, 7) is 9.85. The van der Waals surface area contributed by atoms with Crippen LogP contribution in [0, 0.1) is 17.3 Å². The molecule has 86 valence electrons. The van der Waals surface area contributed by atoms with Crippen molar-refractivity contribution in [2.24, 2.45) is 22.2 Å². The fraction of sp³-hybridized carbons (Fsp3) is 0.923. The van der Waals surface area contributed by atoms with Crippen LogP contribution in [0.2, 0.25) is 0 Å². The maximum Gasteiger partial charge on any atom is 0.187 e. The van der Waals surface area contributed by atoms with Gasteiger partial charge in [0.15, 0.2) is 5.90 Å². The lowest BCUT2D eigenvalue weighted by Gasteiger charge is -2.22. The minimum atomic E-state index is 0.240. The van der Waals surface area contributed by atoms with Gasteiger partial charge in [0.25, 0.3) is 0 Å². The van der Waals surface area contributed by atoms with Gasteiger partial charge in [0.2, 0.25) is 0 Å². The third-order valence-electron chi connectivity index (χ3n) is 3.85. The number of rotatable bonds is 1. The first-order valence-electron chi connectivity index (χ1n) is 6.19. The first-order valence-corrected chi connectivity index (χ1v) is 6.19.